The van der Waals surface area contributed by atoms with Crippen molar-refractivity contribution in [3.63, 3.8) is 0 Å². The standard InChI is InChI=1S/C27H54O5Si/c1-7-11-15-19-26(32-27(28)25(5)6)20-24-33(29-21-16-12-8-2,30-22-17-13-9-3)31-23-18-14-10-4/h26H,5,7-24H2,1-4,6H3. The number of hydrogen-bond donors (Lipinski definition) is 0. The van der Waals surface area contributed by atoms with Gasteiger partial charge in [-0.3, -0.25) is 0 Å². The summed E-state index contributed by atoms with van der Waals surface area (Å²) in [5.41, 5.74) is 0.446. The predicted octanol–water partition coefficient (Wildman–Crippen LogP) is 8.00. The molecule has 0 saturated carbocycles. The van der Waals surface area contributed by atoms with Crippen LogP contribution in [0.4, 0.5) is 0 Å². The van der Waals surface area contributed by atoms with Crippen molar-refractivity contribution in [3.8, 4) is 0 Å². The Labute approximate surface area is 206 Å². The van der Waals surface area contributed by atoms with Gasteiger partial charge in [-0.2, -0.15) is 0 Å². The van der Waals surface area contributed by atoms with Crippen LogP contribution in [0.3, 0.4) is 0 Å². The van der Waals surface area contributed by atoms with Gasteiger partial charge in [-0.1, -0.05) is 85.6 Å². The largest absolute Gasteiger partial charge is 0.501 e. The molecule has 0 heterocycles. The molecule has 6 heteroatoms. The average Bonchev–Trinajstić information content (AvgIpc) is 2.80. The van der Waals surface area contributed by atoms with Crippen LogP contribution in [0, 0.1) is 0 Å². The van der Waals surface area contributed by atoms with Gasteiger partial charge in [-0.15, -0.1) is 0 Å². The molecular formula is C27H54O5Si. The minimum absolute atomic E-state index is 0.148. The fraction of sp³-hybridized carbons (Fsp3) is 0.889. The molecule has 0 saturated heterocycles. The molecule has 0 spiro atoms. The highest BCUT2D eigenvalue weighted by atomic mass is 28.4. The Kier molecular flexibility index (Phi) is 21.4. The number of unbranched alkanes of at least 4 members (excludes halogenated alkanes) is 8. The summed E-state index contributed by atoms with van der Waals surface area (Å²) in [6.07, 6.45) is 14.7. The predicted molar refractivity (Wildman–Crippen MR) is 140 cm³/mol. The van der Waals surface area contributed by atoms with Crippen molar-refractivity contribution in [1.82, 2.24) is 0 Å². The van der Waals surface area contributed by atoms with E-state index in [-0.39, 0.29) is 12.1 Å². The molecule has 1 atom stereocenters. The van der Waals surface area contributed by atoms with Gasteiger partial charge in [0.15, 0.2) is 0 Å². The Balaban J connectivity index is 5.34. The third-order valence-electron chi connectivity index (χ3n) is 5.73. The highest BCUT2D eigenvalue weighted by Crippen LogP contribution is 2.25. The summed E-state index contributed by atoms with van der Waals surface area (Å²) in [6, 6.07) is 0.692. The number of carbonyl (C=O) groups excluding carboxylic acids is 1. The minimum Gasteiger partial charge on any atom is -0.459 e. The second-order valence-electron chi connectivity index (χ2n) is 9.19. The maximum absolute atomic E-state index is 12.2. The van der Waals surface area contributed by atoms with Crippen LogP contribution >= 0.6 is 0 Å². The van der Waals surface area contributed by atoms with E-state index in [0.717, 1.165) is 83.5 Å². The monoisotopic (exact) mass is 486 g/mol. The highest BCUT2D eigenvalue weighted by molar-refractivity contribution is 6.60. The Morgan fingerprint density at radius 1 is 0.697 bits per heavy atom. The molecule has 0 fully saturated rings. The fourth-order valence-corrected chi connectivity index (χ4v) is 6.28. The first kappa shape index (κ1) is 32.3. The smallest absolute Gasteiger partial charge is 0.459 e. The molecule has 196 valence electrons. The van der Waals surface area contributed by atoms with Gasteiger partial charge < -0.3 is 18.0 Å². The van der Waals surface area contributed by atoms with Crippen LogP contribution in [0.1, 0.15) is 125 Å². The van der Waals surface area contributed by atoms with Crippen LogP contribution in [-0.2, 0) is 22.8 Å². The fourth-order valence-electron chi connectivity index (χ4n) is 3.55. The lowest BCUT2D eigenvalue weighted by Gasteiger charge is -2.31. The van der Waals surface area contributed by atoms with Crippen molar-refractivity contribution in [3.05, 3.63) is 12.2 Å². The van der Waals surface area contributed by atoms with Crippen LogP contribution in [-0.4, -0.2) is 40.7 Å². The SMILES string of the molecule is C=C(C)C(=O)OC(CCCCC)CC[Si](OCCCCC)(OCCCCC)OCCCCC. The average molecular weight is 487 g/mol. The van der Waals surface area contributed by atoms with Crippen LogP contribution in [0.25, 0.3) is 0 Å². The summed E-state index contributed by atoms with van der Waals surface area (Å²) < 4.78 is 25.2. The second-order valence-corrected chi connectivity index (χ2v) is 11.9. The molecule has 0 aliphatic heterocycles. The zero-order chi connectivity index (χ0) is 24.8. The molecule has 0 N–H and O–H groups in total. The number of carbonyl (C=O) groups is 1. The number of rotatable bonds is 24. The molecule has 5 nitrogen and oxygen atoms in total. The van der Waals surface area contributed by atoms with Gasteiger partial charge >= 0.3 is 14.8 Å². The van der Waals surface area contributed by atoms with E-state index in [0.29, 0.717) is 37.9 Å². The summed E-state index contributed by atoms with van der Waals surface area (Å²) in [4.78, 5) is 12.2. The summed E-state index contributed by atoms with van der Waals surface area (Å²) >= 11 is 0. The van der Waals surface area contributed by atoms with Crippen molar-refractivity contribution >= 4 is 14.8 Å². The Bertz CT molecular complexity index is 452. The summed E-state index contributed by atoms with van der Waals surface area (Å²) in [7, 11) is -2.85. The molecule has 0 radical (unpaired) electrons. The molecule has 0 aliphatic carbocycles. The van der Waals surface area contributed by atoms with Gasteiger partial charge in [-0.25, -0.2) is 4.79 Å². The van der Waals surface area contributed by atoms with Gasteiger partial charge in [-0.05, 0) is 45.4 Å². The normalized spacial score (nSPS) is 12.6. The van der Waals surface area contributed by atoms with E-state index < -0.39 is 8.80 Å². The zero-order valence-electron chi connectivity index (χ0n) is 22.6. The molecule has 33 heavy (non-hydrogen) atoms. The third kappa shape index (κ3) is 17.4. The van der Waals surface area contributed by atoms with Crippen molar-refractivity contribution in [2.24, 2.45) is 0 Å². The van der Waals surface area contributed by atoms with Crippen LogP contribution in [0.5, 0.6) is 0 Å². The molecule has 1 unspecified atom stereocenters. The van der Waals surface area contributed by atoms with Crippen molar-refractivity contribution in [2.75, 3.05) is 19.8 Å². The first-order valence-electron chi connectivity index (χ1n) is 13.7. The highest BCUT2D eigenvalue weighted by Gasteiger charge is 2.41. The molecule has 0 aromatic carbocycles. The van der Waals surface area contributed by atoms with Crippen molar-refractivity contribution in [2.45, 2.75) is 137 Å². The van der Waals surface area contributed by atoms with Gasteiger partial charge in [0, 0.05) is 31.4 Å². The molecule has 0 aliphatic rings. The molecule has 0 rings (SSSR count). The lowest BCUT2D eigenvalue weighted by molar-refractivity contribution is -0.144. The van der Waals surface area contributed by atoms with Gasteiger partial charge in [0.25, 0.3) is 0 Å². The van der Waals surface area contributed by atoms with Crippen LogP contribution in [0.2, 0.25) is 6.04 Å². The van der Waals surface area contributed by atoms with E-state index in [1.54, 1.807) is 6.92 Å². The maximum Gasteiger partial charge on any atom is 0.501 e. The van der Waals surface area contributed by atoms with Crippen LogP contribution in [0.15, 0.2) is 12.2 Å². The topological polar surface area (TPSA) is 54.0 Å². The number of hydrogen-bond acceptors (Lipinski definition) is 5. The van der Waals surface area contributed by atoms with E-state index in [1.165, 1.54) is 0 Å². The first-order chi connectivity index (χ1) is 15.9. The van der Waals surface area contributed by atoms with Crippen molar-refractivity contribution < 1.29 is 22.8 Å². The second kappa shape index (κ2) is 21.8. The van der Waals surface area contributed by atoms with Crippen molar-refractivity contribution in [1.29, 1.82) is 0 Å². The molecule has 0 bridgehead atoms. The van der Waals surface area contributed by atoms with Gasteiger partial charge in [0.1, 0.15) is 6.10 Å². The van der Waals surface area contributed by atoms with E-state index >= 15 is 0 Å². The Morgan fingerprint density at radius 2 is 1.12 bits per heavy atom. The zero-order valence-corrected chi connectivity index (χ0v) is 23.6. The number of esters is 1. The molecule has 0 aromatic heterocycles. The van der Waals surface area contributed by atoms with E-state index in [2.05, 4.69) is 34.3 Å². The Hall–Kier alpha value is -0.693. The summed E-state index contributed by atoms with van der Waals surface area (Å²) in [5, 5.41) is 0. The lowest BCUT2D eigenvalue weighted by atomic mass is 10.1. The van der Waals surface area contributed by atoms with E-state index in [4.69, 9.17) is 18.0 Å². The maximum atomic E-state index is 12.2. The lowest BCUT2D eigenvalue weighted by Crippen LogP contribution is -2.47. The van der Waals surface area contributed by atoms with Gasteiger partial charge in [0.05, 0.1) is 0 Å². The summed E-state index contributed by atoms with van der Waals surface area (Å²) in [5.74, 6) is -0.305. The van der Waals surface area contributed by atoms with E-state index in [9.17, 15) is 4.79 Å². The minimum atomic E-state index is -2.85. The quantitative estimate of drug-likeness (QED) is 0.0598. The first-order valence-corrected chi connectivity index (χ1v) is 15.7. The molecule has 0 amide bonds. The Morgan fingerprint density at radius 3 is 1.52 bits per heavy atom. The molecular weight excluding hydrogens is 432 g/mol. The van der Waals surface area contributed by atoms with Gasteiger partial charge in [0.2, 0.25) is 0 Å². The molecule has 0 aromatic rings. The number of ether oxygens (including phenoxy) is 1. The van der Waals surface area contributed by atoms with Crippen LogP contribution < -0.4 is 0 Å². The third-order valence-corrected chi connectivity index (χ3v) is 8.57. The van der Waals surface area contributed by atoms with E-state index in [1.807, 2.05) is 0 Å². The summed E-state index contributed by atoms with van der Waals surface area (Å²) in [6.45, 7) is 16.3.